The van der Waals surface area contributed by atoms with Crippen molar-refractivity contribution in [3.05, 3.63) is 58.7 Å². The second-order valence-corrected chi connectivity index (χ2v) is 6.18. The molecule has 0 bridgehead atoms. The van der Waals surface area contributed by atoms with Crippen LogP contribution in [0.2, 0.25) is 0 Å². The van der Waals surface area contributed by atoms with E-state index in [1.807, 2.05) is 37.3 Å². The van der Waals surface area contributed by atoms with E-state index in [-0.39, 0.29) is 11.6 Å². The molecule has 8 nitrogen and oxygen atoms in total. The lowest BCUT2D eigenvalue weighted by Crippen LogP contribution is -2.11. The number of hydrogen-bond acceptors (Lipinski definition) is 7. The molecule has 2 heterocycles. The third-order valence-electron chi connectivity index (χ3n) is 4.37. The van der Waals surface area contributed by atoms with Crippen molar-refractivity contribution in [3.8, 4) is 11.5 Å². The summed E-state index contributed by atoms with van der Waals surface area (Å²) in [5.41, 5.74) is 2.43. The fraction of sp³-hybridized carbons (Fsp3) is 0.300. The summed E-state index contributed by atoms with van der Waals surface area (Å²) < 4.78 is 15.9. The van der Waals surface area contributed by atoms with E-state index >= 15 is 0 Å². The van der Waals surface area contributed by atoms with Gasteiger partial charge in [-0.1, -0.05) is 25.1 Å². The molecule has 1 N–H and O–H groups in total. The lowest BCUT2D eigenvalue weighted by molar-refractivity contribution is 0.0272. The van der Waals surface area contributed by atoms with Crippen molar-refractivity contribution in [2.75, 3.05) is 7.11 Å². The van der Waals surface area contributed by atoms with Crippen molar-refractivity contribution in [2.45, 2.75) is 33.3 Å². The molecule has 0 unspecified atom stereocenters. The number of methoxy groups -OCH3 is 1. The van der Waals surface area contributed by atoms with Gasteiger partial charge in [-0.3, -0.25) is 0 Å². The zero-order chi connectivity index (χ0) is 20.3. The summed E-state index contributed by atoms with van der Waals surface area (Å²) >= 11 is 0. The summed E-state index contributed by atoms with van der Waals surface area (Å²) in [7, 11) is 1.30. The maximum Gasteiger partial charge on any atom is 0.355 e. The SMILES string of the molecule is CCc1[nH]c(C(=O)O[C@@H](C)c2nnc(-c3ccccc3)o2)c(C)c1C(=O)OC. The molecule has 3 aromatic rings. The van der Waals surface area contributed by atoms with Gasteiger partial charge in [0.05, 0.1) is 12.7 Å². The predicted molar refractivity (Wildman–Crippen MR) is 99.8 cm³/mol. The normalized spacial score (nSPS) is 11.9. The first-order valence-electron chi connectivity index (χ1n) is 8.85. The summed E-state index contributed by atoms with van der Waals surface area (Å²) in [4.78, 5) is 27.6. The smallest absolute Gasteiger partial charge is 0.355 e. The molecule has 0 spiro atoms. The van der Waals surface area contributed by atoms with E-state index < -0.39 is 18.0 Å². The highest BCUT2D eigenvalue weighted by atomic mass is 16.6. The van der Waals surface area contributed by atoms with Crippen LogP contribution in [0.1, 0.15) is 57.9 Å². The number of ether oxygens (including phenoxy) is 2. The number of rotatable bonds is 6. The summed E-state index contributed by atoms with van der Waals surface area (Å²) in [6, 6.07) is 9.30. The number of carbonyl (C=O) groups is 2. The van der Waals surface area contributed by atoms with Crippen molar-refractivity contribution in [3.63, 3.8) is 0 Å². The minimum atomic E-state index is -0.758. The predicted octanol–water partition coefficient (Wildman–Crippen LogP) is 3.64. The Morgan fingerprint density at radius 3 is 2.54 bits per heavy atom. The lowest BCUT2D eigenvalue weighted by atomic mass is 10.1. The third kappa shape index (κ3) is 3.66. The molecule has 2 aromatic heterocycles. The molecule has 0 fully saturated rings. The minimum Gasteiger partial charge on any atom is -0.465 e. The summed E-state index contributed by atoms with van der Waals surface area (Å²) in [6.07, 6.45) is -0.218. The van der Waals surface area contributed by atoms with Crippen LogP contribution < -0.4 is 0 Å². The molecule has 3 rings (SSSR count). The fourth-order valence-corrected chi connectivity index (χ4v) is 2.87. The number of carbonyl (C=O) groups excluding carboxylic acids is 2. The molecular formula is C20H21N3O5. The van der Waals surface area contributed by atoms with Crippen LogP contribution in [-0.4, -0.2) is 34.2 Å². The first-order chi connectivity index (χ1) is 13.5. The first kappa shape index (κ1) is 19.3. The Morgan fingerprint density at radius 2 is 1.89 bits per heavy atom. The lowest BCUT2D eigenvalue weighted by Gasteiger charge is -2.09. The van der Waals surface area contributed by atoms with Crippen LogP contribution in [0.25, 0.3) is 11.5 Å². The molecule has 0 aliphatic heterocycles. The monoisotopic (exact) mass is 383 g/mol. The van der Waals surface area contributed by atoms with E-state index in [0.717, 1.165) is 5.56 Å². The highest BCUT2D eigenvalue weighted by Gasteiger charge is 2.27. The molecule has 0 aliphatic carbocycles. The zero-order valence-corrected chi connectivity index (χ0v) is 16.1. The molecule has 0 saturated heterocycles. The third-order valence-corrected chi connectivity index (χ3v) is 4.37. The van der Waals surface area contributed by atoms with Crippen molar-refractivity contribution in [2.24, 2.45) is 0 Å². The number of benzene rings is 1. The van der Waals surface area contributed by atoms with Gasteiger partial charge in [-0.05, 0) is 38.0 Å². The number of hydrogen-bond donors (Lipinski definition) is 1. The van der Waals surface area contributed by atoms with Gasteiger partial charge in [-0.15, -0.1) is 10.2 Å². The van der Waals surface area contributed by atoms with Gasteiger partial charge in [0.25, 0.3) is 5.89 Å². The van der Waals surface area contributed by atoms with Gasteiger partial charge < -0.3 is 18.9 Å². The Morgan fingerprint density at radius 1 is 1.18 bits per heavy atom. The Balaban J connectivity index is 1.79. The van der Waals surface area contributed by atoms with E-state index in [9.17, 15) is 9.59 Å². The molecule has 28 heavy (non-hydrogen) atoms. The van der Waals surface area contributed by atoms with Crippen LogP contribution in [-0.2, 0) is 15.9 Å². The van der Waals surface area contributed by atoms with Crippen LogP contribution in [0.3, 0.4) is 0 Å². The standard InChI is InChI=1S/C20H21N3O5/c1-5-14-15(19(24)26-4)11(2)16(21-14)20(25)27-12(3)17-22-23-18(28-17)13-9-7-6-8-10-13/h6-10,12,21H,5H2,1-4H3/t12-/m0/s1. The average molecular weight is 383 g/mol. The molecule has 0 amide bonds. The van der Waals surface area contributed by atoms with Crippen molar-refractivity contribution in [1.29, 1.82) is 0 Å². The second-order valence-electron chi connectivity index (χ2n) is 6.18. The topological polar surface area (TPSA) is 107 Å². The maximum atomic E-state index is 12.6. The molecule has 0 radical (unpaired) electrons. The zero-order valence-electron chi connectivity index (χ0n) is 16.1. The Bertz CT molecular complexity index is 991. The molecule has 146 valence electrons. The fourth-order valence-electron chi connectivity index (χ4n) is 2.87. The largest absolute Gasteiger partial charge is 0.465 e. The van der Waals surface area contributed by atoms with Gasteiger partial charge in [0.1, 0.15) is 5.69 Å². The highest BCUT2D eigenvalue weighted by molar-refractivity contribution is 5.98. The number of esters is 2. The number of aromatic nitrogens is 3. The number of aryl methyl sites for hydroxylation is 1. The summed E-state index contributed by atoms with van der Waals surface area (Å²) in [6.45, 7) is 5.18. The Kier molecular flexibility index (Phi) is 5.58. The summed E-state index contributed by atoms with van der Waals surface area (Å²) in [5, 5.41) is 7.96. The van der Waals surface area contributed by atoms with Gasteiger partial charge in [-0.25, -0.2) is 9.59 Å². The maximum absolute atomic E-state index is 12.6. The molecule has 1 atom stereocenters. The Hall–Kier alpha value is -3.42. The van der Waals surface area contributed by atoms with Gasteiger partial charge in [0.15, 0.2) is 6.10 Å². The molecule has 0 saturated carbocycles. The van der Waals surface area contributed by atoms with Crippen LogP contribution in [0.15, 0.2) is 34.7 Å². The van der Waals surface area contributed by atoms with E-state index in [1.54, 1.807) is 13.8 Å². The van der Waals surface area contributed by atoms with E-state index in [1.165, 1.54) is 7.11 Å². The Labute approximate surface area is 161 Å². The van der Waals surface area contributed by atoms with Crippen LogP contribution in [0.5, 0.6) is 0 Å². The van der Waals surface area contributed by atoms with Gasteiger partial charge in [0, 0.05) is 11.3 Å². The molecule has 0 aliphatic rings. The van der Waals surface area contributed by atoms with Crippen molar-refractivity contribution in [1.82, 2.24) is 15.2 Å². The molecule has 8 heteroatoms. The first-order valence-corrected chi connectivity index (χ1v) is 8.85. The van der Waals surface area contributed by atoms with Gasteiger partial charge in [-0.2, -0.15) is 0 Å². The van der Waals surface area contributed by atoms with E-state index in [2.05, 4.69) is 15.2 Å². The van der Waals surface area contributed by atoms with Gasteiger partial charge >= 0.3 is 11.9 Å². The van der Waals surface area contributed by atoms with Crippen molar-refractivity contribution >= 4 is 11.9 Å². The van der Waals surface area contributed by atoms with Crippen LogP contribution >= 0.6 is 0 Å². The average Bonchev–Trinajstić information content (AvgIpc) is 3.33. The van der Waals surface area contributed by atoms with Gasteiger partial charge in [0.2, 0.25) is 5.89 Å². The number of nitrogens with one attached hydrogen (secondary N) is 1. The van der Waals surface area contributed by atoms with E-state index in [4.69, 9.17) is 13.9 Å². The van der Waals surface area contributed by atoms with Crippen LogP contribution in [0.4, 0.5) is 0 Å². The summed E-state index contributed by atoms with van der Waals surface area (Å²) in [5.74, 6) is -0.590. The minimum absolute atomic E-state index is 0.181. The van der Waals surface area contributed by atoms with Crippen molar-refractivity contribution < 1.29 is 23.5 Å². The number of nitrogens with zero attached hydrogens (tertiary/aromatic N) is 2. The molecular weight excluding hydrogens is 362 g/mol. The number of H-pyrrole nitrogens is 1. The van der Waals surface area contributed by atoms with Crippen LogP contribution in [0, 0.1) is 6.92 Å². The quantitative estimate of drug-likeness (QED) is 0.648. The highest BCUT2D eigenvalue weighted by Crippen LogP contribution is 2.25. The molecule has 1 aromatic carbocycles. The second kappa shape index (κ2) is 8.08. The number of aromatic amines is 1. The van der Waals surface area contributed by atoms with E-state index in [0.29, 0.717) is 29.1 Å².